The second-order valence-corrected chi connectivity index (χ2v) is 8.49. The number of aliphatic hydroxyl groups is 1. The van der Waals surface area contributed by atoms with Crippen molar-refractivity contribution in [3.63, 3.8) is 0 Å². The van der Waals surface area contributed by atoms with Gasteiger partial charge in [-0.05, 0) is 55.5 Å². The molecule has 0 fully saturated rings. The van der Waals surface area contributed by atoms with E-state index in [1.165, 1.54) is 5.56 Å². The maximum atomic E-state index is 12.9. The van der Waals surface area contributed by atoms with E-state index in [2.05, 4.69) is 33.4 Å². The number of carbonyl (C=O) groups excluding carboxylic acids is 1. The second kappa shape index (κ2) is 12.0. The topological polar surface area (TPSA) is 67.8 Å². The minimum atomic E-state index is -0.537. The van der Waals surface area contributed by atoms with Crippen molar-refractivity contribution < 1.29 is 19.4 Å². The summed E-state index contributed by atoms with van der Waals surface area (Å²) in [5.74, 6) is 0.0250. The predicted octanol–water partition coefficient (Wildman–Crippen LogP) is 4.56. The van der Waals surface area contributed by atoms with Crippen LogP contribution in [0.25, 0.3) is 0 Å². The minimum absolute atomic E-state index is 0.00847. The molecule has 0 bridgehead atoms. The van der Waals surface area contributed by atoms with Crippen molar-refractivity contribution >= 4 is 21.8 Å². The van der Waals surface area contributed by atoms with Crippen LogP contribution in [-0.2, 0) is 20.7 Å². The molecule has 0 radical (unpaired) electrons. The summed E-state index contributed by atoms with van der Waals surface area (Å²) in [6.45, 7) is 3.04. The number of carbonyl (C=O) groups is 1. The van der Waals surface area contributed by atoms with Crippen LogP contribution in [0, 0.1) is 5.92 Å². The number of ether oxygens (including phenoxy) is 2. The van der Waals surface area contributed by atoms with E-state index in [-0.39, 0.29) is 24.3 Å². The highest BCUT2D eigenvalue weighted by Crippen LogP contribution is 2.39. The molecule has 0 aliphatic carbocycles. The summed E-state index contributed by atoms with van der Waals surface area (Å²) in [7, 11) is 0. The summed E-state index contributed by atoms with van der Waals surface area (Å²) >= 11 is 3.48. The molecular formula is C25H30BrNO4. The first kappa shape index (κ1) is 23.5. The molecule has 0 saturated heterocycles. The average Bonchev–Trinajstić information content (AvgIpc) is 2.79. The van der Waals surface area contributed by atoms with Gasteiger partial charge in [0.1, 0.15) is 0 Å². The lowest BCUT2D eigenvalue weighted by molar-refractivity contribution is -0.166. The van der Waals surface area contributed by atoms with Gasteiger partial charge < -0.3 is 19.9 Å². The van der Waals surface area contributed by atoms with E-state index in [1.54, 1.807) is 0 Å². The number of rotatable bonds is 10. The molecule has 0 spiro atoms. The van der Waals surface area contributed by atoms with Crippen molar-refractivity contribution in [2.45, 2.75) is 38.4 Å². The molecule has 3 rings (SSSR count). The molecule has 3 atom stereocenters. The van der Waals surface area contributed by atoms with Crippen LogP contribution in [0.1, 0.15) is 36.8 Å². The van der Waals surface area contributed by atoms with Gasteiger partial charge in [-0.2, -0.15) is 0 Å². The zero-order valence-electron chi connectivity index (χ0n) is 17.8. The number of hydrogen-bond acceptors (Lipinski definition) is 4. The van der Waals surface area contributed by atoms with Gasteiger partial charge in [0.25, 0.3) is 5.91 Å². The molecule has 6 heteroatoms. The number of hydrogen-bond donors (Lipinski definition) is 2. The van der Waals surface area contributed by atoms with E-state index in [4.69, 9.17) is 9.47 Å². The molecule has 0 saturated carbocycles. The van der Waals surface area contributed by atoms with E-state index in [9.17, 15) is 9.90 Å². The Hall–Kier alpha value is -2.15. The highest BCUT2D eigenvalue weighted by molar-refractivity contribution is 9.10. The largest absolute Gasteiger partial charge is 0.459 e. The second-order valence-electron chi connectivity index (χ2n) is 7.57. The van der Waals surface area contributed by atoms with E-state index in [0.717, 1.165) is 22.9 Å². The summed E-state index contributed by atoms with van der Waals surface area (Å²) in [6, 6.07) is 18.1. The lowest BCUT2D eigenvalue weighted by Crippen LogP contribution is -2.39. The standard InChI is InChI=1S/C25H30BrNO4/c1-2-30-25-21(9-6-16-28)22(19-10-12-20(26)13-11-19)17-23(31-25)24(29)27-15-14-18-7-4-3-5-8-18/h3-5,7-8,10-13,17,21-22,25,28H,2,6,9,14-16H2,1H3,(H,27,29)/t21-,22-,25-/m0/s1. The Kier molecular flexibility index (Phi) is 9.13. The molecular weight excluding hydrogens is 458 g/mol. The minimum Gasteiger partial charge on any atom is -0.459 e. The van der Waals surface area contributed by atoms with Crippen molar-refractivity contribution in [2.75, 3.05) is 19.8 Å². The fourth-order valence-electron chi connectivity index (χ4n) is 3.88. The monoisotopic (exact) mass is 487 g/mol. The molecule has 1 amide bonds. The zero-order valence-corrected chi connectivity index (χ0v) is 19.4. The molecule has 2 aromatic rings. The van der Waals surface area contributed by atoms with Crippen LogP contribution in [0.4, 0.5) is 0 Å². The van der Waals surface area contributed by atoms with Crippen molar-refractivity contribution in [3.05, 3.63) is 82.0 Å². The molecule has 166 valence electrons. The predicted molar refractivity (Wildman–Crippen MR) is 124 cm³/mol. The molecule has 2 N–H and O–H groups in total. The highest BCUT2D eigenvalue weighted by atomic mass is 79.9. The van der Waals surface area contributed by atoms with Gasteiger partial charge in [0.2, 0.25) is 6.29 Å². The SMILES string of the molecule is CCO[C@H]1OC(C(=O)NCCc2ccccc2)=C[C@@H](c2ccc(Br)cc2)[C@@H]1CCCO. The molecule has 1 aliphatic heterocycles. The number of benzene rings is 2. The molecule has 5 nitrogen and oxygen atoms in total. The summed E-state index contributed by atoms with van der Waals surface area (Å²) in [4.78, 5) is 12.9. The van der Waals surface area contributed by atoms with E-state index >= 15 is 0 Å². The summed E-state index contributed by atoms with van der Waals surface area (Å²) in [5.41, 5.74) is 2.26. The molecule has 1 aliphatic rings. The summed E-state index contributed by atoms with van der Waals surface area (Å²) < 4.78 is 12.9. The van der Waals surface area contributed by atoms with Gasteiger partial charge in [-0.3, -0.25) is 4.79 Å². The summed E-state index contributed by atoms with van der Waals surface area (Å²) in [6.07, 6.45) is 3.51. The van der Waals surface area contributed by atoms with Gasteiger partial charge in [-0.1, -0.05) is 58.4 Å². The van der Waals surface area contributed by atoms with Crippen LogP contribution in [0.3, 0.4) is 0 Å². The zero-order chi connectivity index (χ0) is 22.1. The van der Waals surface area contributed by atoms with Gasteiger partial charge in [0, 0.05) is 36.1 Å². The maximum Gasteiger partial charge on any atom is 0.286 e. The molecule has 0 aromatic heterocycles. The normalized spacial score (nSPS) is 20.6. The highest BCUT2D eigenvalue weighted by Gasteiger charge is 2.37. The third kappa shape index (κ3) is 6.66. The van der Waals surface area contributed by atoms with Gasteiger partial charge in [0.15, 0.2) is 5.76 Å². The Morgan fingerprint density at radius 1 is 1.16 bits per heavy atom. The van der Waals surface area contributed by atoms with Crippen molar-refractivity contribution in [3.8, 4) is 0 Å². The third-order valence-corrected chi connectivity index (χ3v) is 5.96. The van der Waals surface area contributed by atoms with Crippen LogP contribution in [-0.4, -0.2) is 37.1 Å². The number of amides is 1. The van der Waals surface area contributed by atoms with Crippen LogP contribution in [0.15, 0.2) is 70.9 Å². The van der Waals surface area contributed by atoms with Crippen LogP contribution < -0.4 is 5.32 Å². The molecule has 0 unspecified atom stereocenters. The Morgan fingerprint density at radius 3 is 2.58 bits per heavy atom. The van der Waals surface area contributed by atoms with Gasteiger partial charge in [-0.25, -0.2) is 0 Å². The number of nitrogens with one attached hydrogen (secondary N) is 1. The Balaban J connectivity index is 1.78. The Labute approximate surface area is 192 Å². The van der Waals surface area contributed by atoms with E-state index in [0.29, 0.717) is 25.3 Å². The lowest BCUT2D eigenvalue weighted by atomic mass is 9.80. The van der Waals surface area contributed by atoms with Crippen LogP contribution >= 0.6 is 15.9 Å². The number of halogens is 1. The average molecular weight is 488 g/mol. The Bertz CT molecular complexity index is 854. The van der Waals surface area contributed by atoms with Crippen molar-refractivity contribution in [2.24, 2.45) is 5.92 Å². The van der Waals surface area contributed by atoms with E-state index in [1.807, 2.05) is 55.5 Å². The van der Waals surface area contributed by atoms with E-state index < -0.39 is 6.29 Å². The van der Waals surface area contributed by atoms with Gasteiger partial charge in [0.05, 0.1) is 0 Å². The maximum absolute atomic E-state index is 12.9. The fraction of sp³-hybridized carbons (Fsp3) is 0.400. The Morgan fingerprint density at radius 2 is 1.90 bits per heavy atom. The first-order valence-electron chi connectivity index (χ1n) is 10.8. The van der Waals surface area contributed by atoms with Gasteiger partial charge in [-0.15, -0.1) is 0 Å². The summed E-state index contributed by atoms with van der Waals surface area (Å²) in [5, 5.41) is 12.3. The van der Waals surface area contributed by atoms with Crippen LogP contribution in [0.2, 0.25) is 0 Å². The quantitative estimate of drug-likeness (QED) is 0.515. The first-order chi connectivity index (χ1) is 15.1. The van der Waals surface area contributed by atoms with Gasteiger partial charge >= 0.3 is 0 Å². The molecule has 2 aromatic carbocycles. The van der Waals surface area contributed by atoms with Crippen molar-refractivity contribution in [1.29, 1.82) is 0 Å². The third-order valence-electron chi connectivity index (χ3n) is 5.43. The fourth-order valence-corrected chi connectivity index (χ4v) is 4.15. The number of allylic oxidation sites excluding steroid dienone is 1. The molecule has 31 heavy (non-hydrogen) atoms. The molecule has 1 heterocycles. The lowest BCUT2D eigenvalue weighted by Gasteiger charge is -2.37. The number of aliphatic hydroxyl groups excluding tert-OH is 1. The first-order valence-corrected chi connectivity index (χ1v) is 11.6. The smallest absolute Gasteiger partial charge is 0.286 e. The van der Waals surface area contributed by atoms with Crippen molar-refractivity contribution in [1.82, 2.24) is 5.32 Å². The van der Waals surface area contributed by atoms with Crippen LogP contribution in [0.5, 0.6) is 0 Å².